The lowest BCUT2D eigenvalue weighted by Crippen LogP contribution is -2.39. The van der Waals surface area contributed by atoms with Gasteiger partial charge in [-0.15, -0.1) is 0 Å². The molecular weight excluding hydrogens is 553 g/mol. The van der Waals surface area contributed by atoms with Gasteiger partial charge in [0.1, 0.15) is 11.6 Å². The normalized spacial score (nSPS) is 18.9. The second kappa shape index (κ2) is 11.2. The number of aromatic amines is 1. The van der Waals surface area contributed by atoms with Crippen molar-refractivity contribution in [3.63, 3.8) is 0 Å². The van der Waals surface area contributed by atoms with Crippen LogP contribution in [0.1, 0.15) is 56.3 Å². The number of fused-ring (bicyclic) bond motifs is 1. The molecule has 6 nitrogen and oxygen atoms in total. The number of imidazole rings is 1. The topological polar surface area (TPSA) is 84.1 Å². The number of amides is 1. The molecule has 11 heteroatoms. The zero-order valence-corrected chi connectivity index (χ0v) is 23.4. The fraction of sp³-hybridized carbons (Fsp3) is 0.481. The van der Waals surface area contributed by atoms with Gasteiger partial charge in [0.2, 0.25) is 5.91 Å². The number of anilines is 1. The second-order valence-electron chi connectivity index (χ2n) is 10.2. The number of rotatable bonds is 9. The molecule has 2 unspecified atom stereocenters. The van der Waals surface area contributed by atoms with Crippen LogP contribution in [0.4, 0.5) is 14.5 Å². The smallest absolute Gasteiger partial charge is 0.251 e. The predicted octanol–water partition coefficient (Wildman–Crippen LogP) is 6.28. The zero-order valence-electron chi connectivity index (χ0n) is 21.0. The molecule has 0 spiro atoms. The lowest BCUT2D eigenvalue weighted by molar-refractivity contribution is -0.118. The molecule has 1 amide bonds. The Morgan fingerprint density at radius 3 is 2.58 bits per heavy atom. The van der Waals surface area contributed by atoms with Crippen molar-refractivity contribution in [2.75, 3.05) is 30.3 Å². The number of H-pyrrole nitrogens is 1. The Balaban J connectivity index is 1.45. The standard InChI is InChI=1S/C27H30Cl2F2N4O2S/c1-16(36)32-11-8-20(18-4-6-19(7-5-18)38(37)15-17-2-3-17)26-33-22-14-21(28)25(23(29)24(22)34-26)35-12-9-27(30,31)10-13-35/h4-7,14,17,20H,2-3,8-13,15H2,1H3,(H,32,36)(H,33,34). The van der Waals surface area contributed by atoms with Gasteiger partial charge in [-0.25, -0.2) is 13.8 Å². The van der Waals surface area contributed by atoms with Gasteiger partial charge >= 0.3 is 0 Å². The van der Waals surface area contributed by atoms with Crippen molar-refractivity contribution in [1.29, 1.82) is 0 Å². The van der Waals surface area contributed by atoms with Crippen molar-refractivity contribution in [2.45, 2.75) is 55.8 Å². The van der Waals surface area contributed by atoms with E-state index in [1.165, 1.54) is 6.92 Å². The first-order chi connectivity index (χ1) is 18.1. The number of carbonyl (C=O) groups is 1. The van der Waals surface area contributed by atoms with E-state index in [1.807, 2.05) is 24.3 Å². The molecule has 204 valence electrons. The summed E-state index contributed by atoms with van der Waals surface area (Å²) in [6, 6.07) is 9.42. The van der Waals surface area contributed by atoms with E-state index in [0.29, 0.717) is 57.2 Å². The molecule has 1 saturated heterocycles. The van der Waals surface area contributed by atoms with E-state index in [2.05, 4.69) is 10.3 Å². The molecule has 38 heavy (non-hydrogen) atoms. The number of halogens is 4. The average molecular weight is 584 g/mol. The Morgan fingerprint density at radius 1 is 1.26 bits per heavy atom. The van der Waals surface area contributed by atoms with Crippen molar-refractivity contribution in [1.82, 2.24) is 15.3 Å². The summed E-state index contributed by atoms with van der Waals surface area (Å²) in [7, 11) is 0. The predicted molar refractivity (Wildman–Crippen MR) is 148 cm³/mol. The fourth-order valence-corrected chi connectivity index (χ4v) is 7.03. The molecule has 5 rings (SSSR count). The van der Waals surface area contributed by atoms with Crippen LogP contribution >= 0.6 is 23.2 Å². The van der Waals surface area contributed by atoms with E-state index in [-0.39, 0.29) is 37.8 Å². The first-order valence-electron chi connectivity index (χ1n) is 12.8. The third-order valence-corrected chi connectivity index (χ3v) is 9.47. The molecule has 1 saturated carbocycles. The summed E-state index contributed by atoms with van der Waals surface area (Å²) in [5.74, 6) is -1.08. The number of aromatic nitrogens is 2. The van der Waals surface area contributed by atoms with Gasteiger partial charge in [0.15, 0.2) is 4.90 Å². The summed E-state index contributed by atoms with van der Waals surface area (Å²) in [5, 5.41) is 3.56. The van der Waals surface area contributed by atoms with Crippen molar-refractivity contribution >= 4 is 57.0 Å². The number of alkyl halides is 2. The number of carbonyl (C=O) groups excluding carboxylic acids is 1. The van der Waals surface area contributed by atoms with Crippen LogP contribution in [0.3, 0.4) is 0 Å². The Hall–Kier alpha value is -2.07. The van der Waals surface area contributed by atoms with E-state index in [4.69, 9.17) is 28.2 Å². The van der Waals surface area contributed by atoms with Crippen LogP contribution < -0.4 is 10.2 Å². The van der Waals surface area contributed by atoms with Gasteiger partial charge in [-0.2, -0.15) is 0 Å². The van der Waals surface area contributed by atoms with Crippen molar-refractivity contribution in [2.24, 2.45) is 5.92 Å². The van der Waals surface area contributed by atoms with Crippen molar-refractivity contribution in [3.8, 4) is 0 Å². The fourth-order valence-electron chi connectivity index (χ4n) is 4.90. The van der Waals surface area contributed by atoms with Gasteiger partial charge in [0.05, 0.1) is 26.8 Å². The summed E-state index contributed by atoms with van der Waals surface area (Å²) in [5.41, 5.74) is 2.66. The lowest BCUT2D eigenvalue weighted by atomic mass is 9.95. The molecule has 2 heterocycles. The van der Waals surface area contributed by atoms with Crippen LogP contribution in [0, 0.1) is 5.92 Å². The Bertz CT molecular complexity index is 1310. The Labute approximate surface area is 233 Å². The SMILES string of the molecule is CC(=O)NCCC(c1ccc([S+]([O-])CC2CC2)cc1)c1nc2cc(Cl)c(N3CCC(F)(F)CC3)c(Cl)c2[nH]1. The number of piperidine rings is 1. The molecular formula is C27H30Cl2F2N4O2S. The zero-order chi connectivity index (χ0) is 27.0. The van der Waals surface area contributed by atoms with Crippen LogP contribution in [0.2, 0.25) is 10.0 Å². The quantitative estimate of drug-likeness (QED) is 0.291. The number of hydrogen-bond acceptors (Lipinski definition) is 4. The highest BCUT2D eigenvalue weighted by Crippen LogP contribution is 2.42. The van der Waals surface area contributed by atoms with E-state index in [9.17, 15) is 18.1 Å². The summed E-state index contributed by atoms with van der Waals surface area (Å²) >= 11 is 12.3. The highest BCUT2D eigenvalue weighted by Gasteiger charge is 2.35. The van der Waals surface area contributed by atoms with Gasteiger partial charge in [0.25, 0.3) is 5.92 Å². The van der Waals surface area contributed by atoms with Gasteiger partial charge in [-0.05, 0) is 54.2 Å². The maximum atomic E-state index is 13.7. The molecule has 1 aliphatic carbocycles. The lowest BCUT2D eigenvalue weighted by Gasteiger charge is -2.34. The van der Waals surface area contributed by atoms with E-state index in [1.54, 1.807) is 11.0 Å². The van der Waals surface area contributed by atoms with Crippen LogP contribution in [0.25, 0.3) is 11.0 Å². The third kappa shape index (κ3) is 6.22. The van der Waals surface area contributed by atoms with E-state index >= 15 is 0 Å². The number of nitrogens with zero attached hydrogens (tertiary/aromatic N) is 2. The van der Waals surface area contributed by atoms with Gasteiger partial charge in [0, 0.05) is 51.2 Å². The maximum Gasteiger partial charge on any atom is 0.251 e. The molecule has 1 aromatic heterocycles. The molecule has 2 aromatic carbocycles. The molecule has 2 aliphatic rings. The highest BCUT2D eigenvalue weighted by atomic mass is 35.5. The average Bonchev–Trinajstić information content (AvgIpc) is 3.58. The third-order valence-electron chi connectivity index (χ3n) is 7.24. The number of nitrogens with one attached hydrogen (secondary N) is 2. The molecule has 0 radical (unpaired) electrons. The largest absolute Gasteiger partial charge is 0.611 e. The van der Waals surface area contributed by atoms with E-state index in [0.717, 1.165) is 23.3 Å². The van der Waals surface area contributed by atoms with Crippen LogP contribution in [0.15, 0.2) is 35.2 Å². The first kappa shape index (κ1) is 27.5. The number of hydrogen-bond donors (Lipinski definition) is 2. The van der Waals surface area contributed by atoms with Gasteiger partial charge < -0.3 is 19.8 Å². The molecule has 1 aliphatic heterocycles. The second-order valence-corrected chi connectivity index (χ2v) is 12.5. The minimum absolute atomic E-state index is 0.120. The summed E-state index contributed by atoms with van der Waals surface area (Å²) in [4.78, 5) is 22.2. The van der Waals surface area contributed by atoms with Crippen LogP contribution in [0.5, 0.6) is 0 Å². The van der Waals surface area contributed by atoms with Gasteiger partial charge in [-0.1, -0.05) is 35.3 Å². The maximum absolute atomic E-state index is 13.7. The highest BCUT2D eigenvalue weighted by molar-refractivity contribution is 7.91. The summed E-state index contributed by atoms with van der Waals surface area (Å²) < 4.78 is 40.1. The molecule has 2 fully saturated rings. The van der Waals surface area contributed by atoms with Gasteiger partial charge in [-0.3, -0.25) is 4.79 Å². The first-order valence-corrected chi connectivity index (χ1v) is 14.9. The Kier molecular flexibility index (Phi) is 8.10. The molecule has 3 aromatic rings. The van der Waals surface area contributed by atoms with E-state index < -0.39 is 17.1 Å². The summed E-state index contributed by atoms with van der Waals surface area (Å²) in [6.45, 7) is 2.23. The Morgan fingerprint density at radius 2 is 1.95 bits per heavy atom. The monoisotopic (exact) mass is 582 g/mol. The molecule has 0 bridgehead atoms. The minimum Gasteiger partial charge on any atom is -0.611 e. The van der Waals surface area contributed by atoms with Crippen LogP contribution in [-0.2, 0) is 16.0 Å². The molecule has 2 atom stereocenters. The molecule has 2 N–H and O–H groups in total. The minimum atomic E-state index is -2.68. The summed E-state index contributed by atoms with van der Waals surface area (Å²) in [6.07, 6.45) is 2.37. The number of benzene rings is 2. The van der Waals surface area contributed by atoms with Crippen LogP contribution in [-0.4, -0.2) is 51.7 Å². The van der Waals surface area contributed by atoms with Crippen molar-refractivity contribution < 1.29 is 18.1 Å². The van der Waals surface area contributed by atoms with Crippen molar-refractivity contribution in [3.05, 3.63) is 51.8 Å².